The number of nitrogens with one attached hydrogen (secondary N) is 1. The minimum atomic E-state index is -0.729. The zero-order chi connectivity index (χ0) is 21.1. The summed E-state index contributed by atoms with van der Waals surface area (Å²) in [6.45, 7) is 8.12. The number of likely N-dealkylation sites (tertiary alicyclic amines) is 1. The molecule has 1 amide bonds. The summed E-state index contributed by atoms with van der Waals surface area (Å²) in [5.74, 6) is 0.255. The van der Waals surface area contributed by atoms with E-state index in [2.05, 4.69) is 21.2 Å². The van der Waals surface area contributed by atoms with Crippen LogP contribution in [0.1, 0.15) is 39.7 Å². The third kappa shape index (κ3) is 5.91. The maximum Gasteiger partial charge on any atom is 0.410 e. The highest BCUT2D eigenvalue weighted by atomic mass is 79.9. The Morgan fingerprint density at radius 1 is 1.36 bits per heavy atom. The lowest BCUT2D eigenvalue weighted by Gasteiger charge is -2.24. The summed E-state index contributed by atoms with van der Waals surface area (Å²) in [6, 6.07) is 1.88. The van der Waals surface area contributed by atoms with Crippen molar-refractivity contribution in [3.63, 3.8) is 0 Å². The molecule has 1 aliphatic heterocycles. The molecule has 1 aromatic rings. The average Bonchev–Trinajstić information content (AvgIpc) is 3.03. The topological polar surface area (TPSA) is 58.6 Å². The summed E-state index contributed by atoms with van der Waals surface area (Å²) in [6.07, 6.45) is 1.74. The molecule has 1 fully saturated rings. The maximum absolute atomic E-state index is 14.1. The number of benzene rings is 1. The Bertz CT molecular complexity index is 843. The van der Waals surface area contributed by atoms with Crippen molar-refractivity contribution in [2.75, 3.05) is 13.1 Å². The summed E-state index contributed by atoms with van der Waals surface area (Å²) >= 11 is 2.90. The largest absolute Gasteiger partial charge is 0.444 e. The fourth-order valence-corrected chi connectivity index (χ4v) is 3.16. The molecule has 5 nitrogen and oxygen atoms in total. The Hall–Kier alpha value is -2.18. The molecule has 0 spiro atoms. The summed E-state index contributed by atoms with van der Waals surface area (Å²) in [7, 11) is 0. The van der Waals surface area contributed by atoms with Crippen molar-refractivity contribution in [2.45, 2.75) is 45.8 Å². The molecule has 0 unspecified atom stereocenters. The molecule has 1 aliphatic rings. The summed E-state index contributed by atoms with van der Waals surface area (Å²) < 4.78 is 33.1. The highest BCUT2D eigenvalue weighted by Gasteiger charge is 2.29. The van der Waals surface area contributed by atoms with Gasteiger partial charge in [-0.25, -0.2) is 18.4 Å². The van der Waals surface area contributed by atoms with Crippen LogP contribution in [0.5, 0.6) is 0 Å². The normalized spacial score (nSPS) is 17.3. The van der Waals surface area contributed by atoms with Crippen molar-refractivity contribution in [3.05, 3.63) is 45.6 Å². The molecule has 1 aromatic carbocycles. The third-order valence-electron chi connectivity index (χ3n) is 4.04. The van der Waals surface area contributed by atoms with Gasteiger partial charge in [0, 0.05) is 30.4 Å². The lowest BCUT2D eigenvalue weighted by molar-refractivity contribution is 0.0291. The number of rotatable bonds is 4. The molecule has 8 heteroatoms. The number of amides is 1. The first-order valence-electron chi connectivity index (χ1n) is 8.83. The van der Waals surface area contributed by atoms with Crippen molar-refractivity contribution in [1.82, 2.24) is 10.2 Å². The molecule has 1 saturated heterocycles. The van der Waals surface area contributed by atoms with Crippen LogP contribution in [0.4, 0.5) is 13.6 Å². The molecule has 0 saturated carbocycles. The van der Waals surface area contributed by atoms with Crippen molar-refractivity contribution >= 4 is 33.5 Å². The summed E-state index contributed by atoms with van der Waals surface area (Å²) in [5.41, 5.74) is -0.252. The maximum atomic E-state index is 14.1. The Morgan fingerprint density at radius 3 is 2.64 bits per heavy atom. The van der Waals surface area contributed by atoms with Crippen LogP contribution in [0, 0.1) is 11.6 Å². The van der Waals surface area contributed by atoms with E-state index in [0.717, 1.165) is 12.1 Å². The van der Waals surface area contributed by atoms with E-state index in [1.807, 2.05) is 0 Å². The van der Waals surface area contributed by atoms with Crippen molar-refractivity contribution in [3.8, 4) is 0 Å². The molecule has 152 valence electrons. The first-order chi connectivity index (χ1) is 13.0. The van der Waals surface area contributed by atoms with Gasteiger partial charge in [0.05, 0.1) is 10.0 Å². The van der Waals surface area contributed by atoms with Gasteiger partial charge in [-0.1, -0.05) is 0 Å². The Balaban J connectivity index is 2.05. The Kier molecular flexibility index (Phi) is 7.01. The second-order valence-electron chi connectivity index (χ2n) is 7.65. The van der Waals surface area contributed by atoms with E-state index in [-0.39, 0.29) is 27.7 Å². The number of nitrogens with zero attached hydrogens (tertiary/aromatic N) is 1. The van der Waals surface area contributed by atoms with Gasteiger partial charge >= 0.3 is 6.09 Å². The van der Waals surface area contributed by atoms with Gasteiger partial charge in [-0.15, -0.1) is 0 Å². The van der Waals surface area contributed by atoms with Crippen LogP contribution in [0.2, 0.25) is 0 Å². The summed E-state index contributed by atoms with van der Waals surface area (Å²) in [4.78, 5) is 25.0. The van der Waals surface area contributed by atoms with Gasteiger partial charge in [0.1, 0.15) is 23.2 Å². The third-order valence-corrected chi connectivity index (χ3v) is 4.65. The molecule has 1 N–H and O–H groups in total. The minimum absolute atomic E-state index is 0.0222. The highest BCUT2D eigenvalue weighted by molar-refractivity contribution is 9.10. The van der Waals surface area contributed by atoms with Crippen LogP contribution in [-0.4, -0.2) is 41.7 Å². The minimum Gasteiger partial charge on any atom is -0.444 e. The smallest absolute Gasteiger partial charge is 0.410 e. The van der Waals surface area contributed by atoms with Gasteiger partial charge in [-0.3, -0.25) is 0 Å². The fourth-order valence-electron chi connectivity index (χ4n) is 2.84. The second kappa shape index (κ2) is 8.88. The number of hydrogen-bond donors (Lipinski definition) is 1. The number of carbonyl (C=O) groups is 1. The van der Waals surface area contributed by atoms with Gasteiger partial charge in [0.15, 0.2) is 0 Å². The average molecular weight is 457 g/mol. The van der Waals surface area contributed by atoms with Crippen molar-refractivity contribution < 1.29 is 23.1 Å². The van der Waals surface area contributed by atoms with E-state index < -0.39 is 17.2 Å². The van der Waals surface area contributed by atoms with Gasteiger partial charge in [-0.05, 0) is 68.3 Å². The van der Waals surface area contributed by atoms with Crippen molar-refractivity contribution in [2.24, 2.45) is 0 Å². The van der Waals surface area contributed by atoms with Crippen LogP contribution in [0.25, 0.3) is 5.57 Å². The first-order valence-corrected chi connectivity index (χ1v) is 9.62. The van der Waals surface area contributed by atoms with Crippen LogP contribution in [0.3, 0.4) is 0 Å². The number of halogens is 3. The quantitative estimate of drug-likeness (QED) is 0.413. The van der Waals surface area contributed by atoms with Crippen LogP contribution >= 0.6 is 15.9 Å². The van der Waals surface area contributed by atoms with E-state index >= 15 is 0 Å². The highest BCUT2D eigenvalue weighted by Crippen LogP contribution is 2.25. The van der Waals surface area contributed by atoms with Gasteiger partial charge in [0.25, 0.3) is 0 Å². The zero-order valence-corrected chi connectivity index (χ0v) is 17.8. The predicted molar refractivity (Wildman–Crippen MR) is 106 cm³/mol. The Labute approximate surface area is 171 Å². The SMILES string of the molecule is C/C(=C/C(=C=O)c1cc(F)c(Br)cc1F)N[C@@H]1CCN(C(=O)OC(C)(C)C)C1. The lowest BCUT2D eigenvalue weighted by Crippen LogP contribution is -2.38. The number of allylic oxidation sites excluding steroid dienone is 3. The molecule has 1 heterocycles. The Morgan fingerprint density at radius 2 is 2.04 bits per heavy atom. The number of hydrogen-bond acceptors (Lipinski definition) is 4. The van der Waals surface area contributed by atoms with Gasteiger partial charge in [-0.2, -0.15) is 0 Å². The molecule has 0 radical (unpaired) electrons. The molecule has 0 aliphatic carbocycles. The van der Waals surface area contributed by atoms with Gasteiger partial charge < -0.3 is 15.0 Å². The molecule has 28 heavy (non-hydrogen) atoms. The van der Waals surface area contributed by atoms with E-state index in [4.69, 9.17) is 4.74 Å². The zero-order valence-electron chi connectivity index (χ0n) is 16.2. The van der Waals surface area contributed by atoms with Gasteiger partial charge in [0.2, 0.25) is 0 Å². The molecule has 2 rings (SSSR count). The molecular weight excluding hydrogens is 434 g/mol. The summed E-state index contributed by atoms with van der Waals surface area (Å²) in [5, 5.41) is 3.19. The fraction of sp³-hybridized carbons (Fsp3) is 0.450. The van der Waals surface area contributed by atoms with E-state index in [1.54, 1.807) is 38.5 Å². The second-order valence-corrected chi connectivity index (χ2v) is 8.50. The number of carbonyl (C=O) groups excluding carboxylic acids is 2. The van der Waals surface area contributed by atoms with Crippen molar-refractivity contribution in [1.29, 1.82) is 0 Å². The van der Waals surface area contributed by atoms with E-state index in [9.17, 15) is 18.4 Å². The predicted octanol–water partition coefficient (Wildman–Crippen LogP) is 4.45. The molecule has 1 atom stereocenters. The van der Waals surface area contributed by atoms with E-state index in [0.29, 0.717) is 25.2 Å². The molecular formula is C20H23BrF2N2O3. The van der Waals surface area contributed by atoms with Crippen LogP contribution in [-0.2, 0) is 9.53 Å². The molecule has 0 aromatic heterocycles. The lowest BCUT2D eigenvalue weighted by atomic mass is 10.1. The number of ether oxygens (including phenoxy) is 1. The monoisotopic (exact) mass is 456 g/mol. The first kappa shape index (κ1) is 22.1. The van der Waals surface area contributed by atoms with E-state index in [1.165, 1.54) is 6.08 Å². The molecule has 0 bridgehead atoms. The van der Waals surface area contributed by atoms with Crippen LogP contribution in [0.15, 0.2) is 28.4 Å². The standard InChI is InChI=1S/C20H23BrF2N2O3/c1-12(7-13(11-26)15-8-18(23)16(21)9-17(15)22)24-14-5-6-25(10-14)19(27)28-20(2,3)4/h7-9,14,24H,5-6,10H2,1-4H3/b12-7-/t14-/m1/s1. The van der Waals surface area contributed by atoms with Crippen LogP contribution < -0.4 is 5.32 Å².